The third-order valence-electron chi connectivity index (χ3n) is 2.20. The van der Waals surface area contributed by atoms with Crippen LogP contribution in [0.5, 0.6) is 0 Å². The van der Waals surface area contributed by atoms with Crippen LogP contribution in [-0.4, -0.2) is 38.1 Å². The first-order valence-corrected chi connectivity index (χ1v) is 5.52. The molecule has 0 aromatic carbocycles. The number of amidine groups is 1. The molecule has 0 amide bonds. The van der Waals surface area contributed by atoms with Gasteiger partial charge in [0.1, 0.15) is 12.1 Å². The molecule has 0 radical (unpaired) electrons. The summed E-state index contributed by atoms with van der Waals surface area (Å²) in [5.41, 5.74) is 4.76. The van der Waals surface area contributed by atoms with Crippen molar-refractivity contribution in [3.63, 3.8) is 0 Å². The molecule has 2 N–H and O–H groups in total. The number of aliphatic imine (C=N–C) groups is 1. The number of ether oxygens (including phenoxy) is 1. The molecule has 2 aliphatic rings. The van der Waals surface area contributed by atoms with Crippen molar-refractivity contribution >= 4 is 15.9 Å². The minimum absolute atomic E-state index is 0.0840. The summed E-state index contributed by atoms with van der Waals surface area (Å²) < 4.78 is 27.2. The van der Waals surface area contributed by atoms with Crippen LogP contribution in [0.1, 0.15) is 6.42 Å². The van der Waals surface area contributed by atoms with Crippen molar-refractivity contribution in [2.45, 2.75) is 12.0 Å². The van der Waals surface area contributed by atoms with Crippen molar-refractivity contribution in [1.82, 2.24) is 0 Å². The van der Waals surface area contributed by atoms with E-state index in [1.807, 2.05) is 0 Å². The Labute approximate surface area is 70.5 Å². The number of nitrogens with zero attached hydrogens (tertiary/aromatic N) is 1. The van der Waals surface area contributed by atoms with E-state index >= 15 is 0 Å². The molecule has 1 atom stereocenters. The summed E-state index contributed by atoms with van der Waals surface area (Å²) in [6.07, 6.45) is 0.538. The van der Waals surface area contributed by atoms with Gasteiger partial charge in [-0.05, 0) is 6.42 Å². The number of rotatable bonds is 0. The zero-order valence-electron chi connectivity index (χ0n) is 6.49. The Balaban J connectivity index is 2.28. The molecule has 0 bridgehead atoms. The highest BCUT2D eigenvalue weighted by Crippen LogP contribution is 2.30. The van der Waals surface area contributed by atoms with Crippen LogP contribution in [0.3, 0.4) is 0 Å². The average Bonchev–Trinajstić information content (AvgIpc) is 2.41. The van der Waals surface area contributed by atoms with Gasteiger partial charge >= 0.3 is 0 Å². The summed E-state index contributed by atoms with van der Waals surface area (Å²) in [6.45, 7) is 0.318. The molecular weight excluding hydrogens is 180 g/mol. The van der Waals surface area contributed by atoms with Gasteiger partial charge in [-0.25, -0.2) is 13.4 Å². The van der Waals surface area contributed by atoms with E-state index in [2.05, 4.69) is 4.99 Å². The van der Waals surface area contributed by atoms with Crippen molar-refractivity contribution in [1.29, 1.82) is 0 Å². The molecule has 1 fully saturated rings. The van der Waals surface area contributed by atoms with Gasteiger partial charge in [0.25, 0.3) is 6.02 Å². The van der Waals surface area contributed by atoms with Crippen LogP contribution in [-0.2, 0) is 14.6 Å². The maximum absolute atomic E-state index is 11.1. The second-order valence-electron chi connectivity index (χ2n) is 3.31. The molecule has 12 heavy (non-hydrogen) atoms. The Morgan fingerprint density at radius 3 is 2.75 bits per heavy atom. The highest BCUT2D eigenvalue weighted by Gasteiger charge is 2.46. The standard InChI is InChI=1S/C6H10N2O3S/c7-5-8-6(3-11-5)1-2-12(9,10)4-6/h1-4H2,(H2,7,8). The van der Waals surface area contributed by atoms with E-state index in [0.29, 0.717) is 13.0 Å². The average molecular weight is 190 g/mol. The molecule has 1 spiro atoms. The lowest BCUT2D eigenvalue weighted by Gasteiger charge is -2.12. The number of nitrogens with two attached hydrogens (primary N) is 1. The van der Waals surface area contributed by atoms with Gasteiger partial charge in [0.2, 0.25) is 0 Å². The quantitative estimate of drug-likeness (QED) is 0.525. The van der Waals surface area contributed by atoms with Crippen LogP contribution in [0.15, 0.2) is 4.99 Å². The molecule has 5 nitrogen and oxygen atoms in total. The van der Waals surface area contributed by atoms with Gasteiger partial charge in [-0.15, -0.1) is 0 Å². The fourth-order valence-corrected chi connectivity index (χ4v) is 3.55. The Hall–Kier alpha value is -0.780. The van der Waals surface area contributed by atoms with Gasteiger partial charge in [0.05, 0.1) is 11.5 Å². The zero-order valence-corrected chi connectivity index (χ0v) is 7.30. The van der Waals surface area contributed by atoms with Crippen LogP contribution in [0.4, 0.5) is 0 Å². The van der Waals surface area contributed by atoms with Gasteiger partial charge in [0, 0.05) is 0 Å². The smallest absolute Gasteiger partial charge is 0.282 e. The number of sulfone groups is 1. The van der Waals surface area contributed by atoms with Crippen molar-refractivity contribution in [3.05, 3.63) is 0 Å². The third kappa shape index (κ3) is 1.16. The summed E-state index contributed by atoms with van der Waals surface area (Å²) in [4.78, 5) is 4.01. The first kappa shape index (κ1) is 7.85. The fraction of sp³-hybridized carbons (Fsp3) is 0.833. The molecule has 1 saturated heterocycles. The van der Waals surface area contributed by atoms with E-state index in [4.69, 9.17) is 10.5 Å². The summed E-state index contributed by atoms with van der Waals surface area (Å²) in [5, 5.41) is 0. The molecule has 0 aliphatic carbocycles. The SMILES string of the molecule is NC1=NC2(CCS(=O)(=O)C2)CO1. The largest absolute Gasteiger partial charge is 0.463 e. The molecule has 0 aromatic heterocycles. The lowest BCUT2D eigenvalue weighted by atomic mass is 10.0. The van der Waals surface area contributed by atoms with E-state index in [1.165, 1.54) is 0 Å². The summed E-state index contributed by atoms with van der Waals surface area (Å²) in [7, 11) is -2.90. The van der Waals surface area contributed by atoms with E-state index < -0.39 is 15.4 Å². The second kappa shape index (κ2) is 2.12. The predicted molar refractivity (Wildman–Crippen MR) is 43.6 cm³/mol. The van der Waals surface area contributed by atoms with Crippen LogP contribution in [0.2, 0.25) is 0 Å². The van der Waals surface area contributed by atoms with E-state index in [-0.39, 0.29) is 17.5 Å². The lowest BCUT2D eigenvalue weighted by molar-refractivity contribution is 0.267. The summed E-state index contributed by atoms with van der Waals surface area (Å²) >= 11 is 0. The molecule has 1 unspecified atom stereocenters. The molecule has 68 valence electrons. The normalized spacial score (nSPS) is 38.2. The van der Waals surface area contributed by atoms with E-state index in [9.17, 15) is 8.42 Å². The van der Waals surface area contributed by atoms with Gasteiger partial charge in [-0.3, -0.25) is 0 Å². The maximum atomic E-state index is 11.1. The van der Waals surface area contributed by atoms with Gasteiger partial charge in [-0.1, -0.05) is 0 Å². The summed E-state index contributed by atoms with van der Waals surface area (Å²) in [5.74, 6) is 0.286. The molecule has 0 saturated carbocycles. The van der Waals surface area contributed by atoms with Crippen LogP contribution >= 0.6 is 0 Å². The zero-order chi connectivity index (χ0) is 8.82. The van der Waals surface area contributed by atoms with Crippen molar-refractivity contribution in [2.24, 2.45) is 10.7 Å². The first-order chi connectivity index (χ1) is 5.52. The lowest BCUT2D eigenvalue weighted by Crippen LogP contribution is -2.29. The minimum Gasteiger partial charge on any atom is -0.463 e. The first-order valence-electron chi connectivity index (χ1n) is 3.70. The minimum atomic E-state index is -2.90. The van der Waals surface area contributed by atoms with E-state index in [0.717, 1.165) is 0 Å². The number of hydrogen-bond donors (Lipinski definition) is 1. The van der Waals surface area contributed by atoms with Gasteiger partial charge in [-0.2, -0.15) is 0 Å². The topological polar surface area (TPSA) is 81.8 Å². The third-order valence-corrected chi connectivity index (χ3v) is 4.01. The van der Waals surface area contributed by atoms with Crippen molar-refractivity contribution in [2.75, 3.05) is 18.1 Å². The molecule has 2 aliphatic heterocycles. The molecule has 6 heteroatoms. The Bertz CT molecular complexity index is 335. The predicted octanol–water partition coefficient (Wildman–Crippen LogP) is -1.11. The maximum Gasteiger partial charge on any atom is 0.282 e. The van der Waals surface area contributed by atoms with Gasteiger partial charge < -0.3 is 10.5 Å². The van der Waals surface area contributed by atoms with E-state index in [1.54, 1.807) is 0 Å². The second-order valence-corrected chi connectivity index (χ2v) is 5.49. The van der Waals surface area contributed by atoms with Crippen molar-refractivity contribution < 1.29 is 13.2 Å². The van der Waals surface area contributed by atoms with Crippen LogP contribution in [0.25, 0.3) is 0 Å². The highest BCUT2D eigenvalue weighted by molar-refractivity contribution is 7.91. The van der Waals surface area contributed by atoms with Crippen LogP contribution < -0.4 is 5.73 Å². The number of hydrogen-bond acceptors (Lipinski definition) is 5. The summed E-state index contributed by atoms with van der Waals surface area (Å²) in [6, 6.07) is 0.118. The van der Waals surface area contributed by atoms with Crippen molar-refractivity contribution in [3.8, 4) is 0 Å². The van der Waals surface area contributed by atoms with Crippen LogP contribution in [0, 0.1) is 0 Å². The Morgan fingerprint density at radius 2 is 2.33 bits per heavy atom. The Kier molecular flexibility index (Phi) is 1.39. The molecule has 2 rings (SSSR count). The Morgan fingerprint density at radius 1 is 1.58 bits per heavy atom. The molecule has 2 heterocycles. The fourth-order valence-electron chi connectivity index (χ4n) is 1.61. The monoisotopic (exact) mass is 190 g/mol. The highest BCUT2D eigenvalue weighted by atomic mass is 32.2. The molecular formula is C6H10N2O3S. The van der Waals surface area contributed by atoms with Gasteiger partial charge in [0.15, 0.2) is 9.84 Å². The molecule has 0 aromatic rings.